The molecule has 3 heterocycles. The molecule has 0 aromatic carbocycles. The summed E-state index contributed by atoms with van der Waals surface area (Å²) in [7, 11) is 1.74. The van der Waals surface area contributed by atoms with Crippen molar-refractivity contribution < 1.29 is 4.79 Å². The van der Waals surface area contributed by atoms with E-state index in [2.05, 4.69) is 39.3 Å². The Bertz CT molecular complexity index is 851. The lowest BCUT2D eigenvalue weighted by Crippen LogP contribution is -2.39. The van der Waals surface area contributed by atoms with Crippen LogP contribution in [0.3, 0.4) is 0 Å². The fraction of sp³-hybridized carbons (Fsp3) is 0.471. The monoisotopic (exact) mass is 356 g/mol. The average molecular weight is 356 g/mol. The predicted octanol–water partition coefficient (Wildman–Crippen LogP) is 2.19. The molecular formula is C17H24N8O. The minimum atomic E-state index is -0.186. The molecule has 9 nitrogen and oxygen atoms in total. The summed E-state index contributed by atoms with van der Waals surface area (Å²) < 4.78 is 3.80. The SMILES string of the molecule is CC[C@H](NC(=O)N(C)Cc1nncn1C(C)C)c1cn2cccnc2n1. The van der Waals surface area contributed by atoms with E-state index in [0.717, 1.165) is 17.9 Å². The van der Waals surface area contributed by atoms with Crippen molar-refractivity contribution >= 4 is 11.8 Å². The van der Waals surface area contributed by atoms with Crippen LogP contribution in [-0.2, 0) is 6.54 Å². The summed E-state index contributed by atoms with van der Waals surface area (Å²) in [5.41, 5.74) is 0.790. The number of hydrogen-bond acceptors (Lipinski definition) is 5. The first-order valence-electron chi connectivity index (χ1n) is 8.69. The van der Waals surface area contributed by atoms with Crippen LogP contribution in [0.25, 0.3) is 5.78 Å². The molecule has 0 aliphatic rings. The lowest BCUT2D eigenvalue weighted by atomic mass is 10.2. The summed E-state index contributed by atoms with van der Waals surface area (Å²) in [6, 6.07) is 1.72. The van der Waals surface area contributed by atoms with Gasteiger partial charge in [0.25, 0.3) is 0 Å². The first-order valence-corrected chi connectivity index (χ1v) is 8.69. The maximum absolute atomic E-state index is 12.6. The average Bonchev–Trinajstić information content (AvgIpc) is 3.25. The molecule has 1 N–H and O–H groups in total. The Labute approximate surface area is 152 Å². The minimum absolute atomic E-state index is 0.180. The zero-order chi connectivity index (χ0) is 18.7. The topological polar surface area (TPSA) is 93.2 Å². The summed E-state index contributed by atoms with van der Waals surface area (Å²) in [5, 5.41) is 11.1. The van der Waals surface area contributed by atoms with Crippen LogP contribution in [-0.4, -0.2) is 47.1 Å². The van der Waals surface area contributed by atoms with E-state index in [1.54, 1.807) is 24.5 Å². The van der Waals surface area contributed by atoms with Crippen molar-refractivity contribution in [3.05, 3.63) is 42.5 Å². The summed E-state index contributed by atoms with van der Waals surface area (Å²) in [6.45, 7) is 6.50. The Balaban J connectivity index is 1.69. The van der Waals surface area contributed by atoms with E-state index in [0.29, 0.717) is 12.3 Å². The first-order chi connectivity index (χ1) is 12.5. The molecule has 0 spiro atoms. The third-order valence-electron chi connectivity index (χ3n) is 4.25. The molecule has 0 radical (unpaired) electrons. The molecule has 0 saturated heterocycles. The highest BCUT2D eigenvalue weighted by molar-refractivity contribution is 5.74. The third kappa shape index (κ3) is 3.66. The number of carbonyl (C=O) groups is 1. The highest BCUT2D eigenvalue weighted by atomic mass is 16.2. The van der Waals surface area contributed by atoms with Crippen LogP contribution in [0.5, 0.6) is 0 Å². The van der Waals surface area contributed by atoms with Gasteiger partial charge in [-0.05, 0) is 26.3 Å². The molecule has 0 fully saturated rings. The lowest BCUT2D eigenvalue weighted by molar-refractivity contribution is 0.200. The van der Waals surface area contributed by atoms with E-state index in [1.807, 2.05) is 34.4 Å². The van der Waals surface area contributed by atoms with Crippen LogP contribution in [0.15, 0.2) is 31.0 Å². The molecular weight excluding hydrogens is 332 g/mol. The van der Waals surface area contributed by atoms with Gasteiger partial charge in [-0.25, -0.2) is 14.8 Å². The largest absolute Gasteiger partial charge is 0.330 e. The van der Waals surface area contributed by atoms with Crippen LogP contribution < -0.4 is 5.32 Å². The highest BCUT2D eigenvalue weighted by Gasteiger charge is 2.20. The van der Waals surface area contributed by atoms with Gasteiger partial charge in [-0.1, -0.05) is 6.92 Å². The molecule has 26 heavy (non-hydrogen) atoms. The van der Waals surface area contributed by atoms with E-state index in [9.17, 15) is 4.79 Å². The first kappa shape index (κ1) is 17.8. The van der Waals surface area contributed by atoms with E-state index in [-0.39, 0.29) is 18.1 Å². The van der Waals surface area contributed by atoms with Crippen molar-refractivity contribution in [3.8, 4) is 0 Å². The fourth-order valence-corrected chi connectivity index (χ4v) is 2.76. The molecule has 3 aromatic rings. The van der Waals surface area contributed by atoms with Gasteiger partial charge in [-0.15, -0.1) is 10.2 Å². The third-order valence-corrected chi connectivity index (χ3v) is 4.25. The number of aromatic nitrogens is 6. The molecule has 0 aliphatic carbocycles. The highest BCUT2D eigenvalue weighted by Crippen LogP contribution is 2.16. The van der Waals surface area contributed by atoms with Crippen molar-refractivity contribution in [2.75, 3.05) is 7.05 Å². The van der Waals surface area contributed by atoms with Gasteiger partial charge in [0.15, 0.2) is 5.82 Å². The summed E-state index contributed by atoms with van der Waals surface area (Å²) in [5.74, 6) is 1.37. The van der Waals surface area contributed by atoms with Gasteiger partial charge in [0.2, 0.25) is 5.78 Å². The van der Waals surface area contributed by atoms with E-state index >= 15 is 0 Å². The molecule has 1 atom stereocenters. The minimum Gasteiger partial charge on any atom is -0.330 e. The standard InChI is InChI=1S/C17H24N8O/c1-5-13(14-9-24-8-6-7-18-16(24)20-14)21-17(26)23(4)10-15-22-19-11-25(15)12(2)3/h6-9,11-13H,5,10H2,1-4H3,(H,21,26)/t13-/m0/s1. The summed E-state index contributed by atoms with van der Waals surface area (Å²) in [6.07, 6.45) is 7.89. The Morgan fingerprint density at radius 3 is 2.88 bits per heavy atom. The molecule has 3 aromatic heterocycles. The zero-order valence-corrected chi connectivity index (χ0v) is 15.5. The van der Waals surface area contributed by atoms with Gasteiger partial charge in [-0.2, -0.15) is 0 Å². The number of carbonyl (C=O) groups excluding carboxylic acids is 1. The smallest absolute Gasteiger partial charge is 0.318 e. The zero-order valence-electron chi connectivity index (χ0n) is 15.5. The van der Waals surface area contributed by atoms with Crippen LogP contribution in [0.4, 0.5) is 4.79 Å². The fourth-order valence-electron chi connectivity index (χ4n) is 2.76. The Morgan fingerprint density at radius 1 is 1.38 bits per heavy atom. The normalized spacial score (nSPS) is 12.5. The molecule has 2 amide bonds. The van der Waals surface area contributed by atoms with Crippen LogP contribution >= 0.6 is 0 Å². The lowest BCUT2D eigenvalue weighted by Gasteiger charge is -2.22. The van der Waals surface area contributed by atoms with Crippen LogP contribution in [0.1, 0.15) is 50.8 Å². The summed E-state index contributed by atoms with van der Waals surface area (Å²) >= 11 is 0. The Morgan fingerprint density at radius 2 is 2.19 bits per heavy atom. The maximum Gasteiger partial charge on any atom is 0.318 e. The number of hydrogen-bond donors (Lipinski definition) is 1. The van der Waals surface area contributed by atoms with Crippen molar-refractivity contribution in [1.29, 1.82) is 0 Å². The van der Waals surface area contributed by atoms with Gasteiger partial charge in [0, 0.05) is 31.7 Å². The van der Waals surface area contributed by atoms with Gasteiger partial charge < -0.3 is 14.8 Å². The number of rotatable bonds is 6. The molecule has 0 unspecified atom stereocenters. The number of nitrogens with one attached hydrogen (secondary N) is 1. The number of amides is 2. The van der Waals surface area contributed by atoms with Crippen LogP contribution in [0, 0.1) is 0 Å². The van der Waals surface area contributed by atoms with Gasteiger partial charge in [0.05, 0.1) is 18.3 Å². The number of fused-ring (bicyclic) bond motifs is 1. The predicted molar refractivity (Wildman–Crippen MR) is 96.4 cm³/mol. The van der Waals surface area contributed by atoms with E-state index < -0.39 is 0 Å². The Hall–Kier alpha value is -2.97. The molecule has 0 bridgehead atoms. The molecule has 9 heteroatoms. The van der Waals surface area contributed by atoms with Crippen molar-refractivity contribution in [2.45, 2.75) is 45.8 Å². The van der Waals surface area contributed by atoms with Crippen molar-refractivity contribution in [2.24, 2.45) is 0 Å². The number of nitrogens with zero attached hydrogens (tertiary/aromatic N) is 7. The molecule has 0 aliphatic heterocycles. The Kier molecular flexibility index (Phi) is 5.15. The number of urea groups is 1. The molecule has 0 saturated carbocycles. The van der Waals surface area contributed by atoms with Crippen molar-refractivity contribution in [3.63, 3.8) is 0 Å². The van der Waals surface area contributed by atoms with Gasteiger partial charge in [-0.3, -0.25) is 4.40 Å². The van der Waals surface area contributed by atoms with Gasteiger partial charge >= 0.3 is 6.03 Å². The number of imidazole rings is 1. The second-order valence-corrected chi connectivity index (χ2v) is 6.51. The second kappa shape index (κ2) is 7.51. The molecule has 3 rings (SSSR count). The molecule has 138 valence electrons. The summed E-state index contributed by atoms with van der Waals surface area (Å²) in [4.78, 5) is 22.9. The second-order valence-electron chi connectivity index (χ2n) is 6.51. The van der Waals surface area contributed by atoms with Crippen molar-refractivity contribution in [1.82, 2.24) is 39.3 Å². The van der Waals surface area contributed by atoms with E-state index in [4.69, 9.17) is 0 Å². The quantitative estimate of drug-likeness (QED) is 0.731. The van der Waals surface area contributed by atoms with Gasteiger partial charge in [0.1, 0.15) is 6.33 Å². The van der Waals surface area contributed by atoms with Crippen LogP contribution in [0.2, 0.25) is 0 Å². The van der Waals surface area contributed by atoms with E-state index in [1.165, 1.54) is 0 Å². The maximum atomic E-state index is 12.6.